The van der Waals surface area contributed by atoms with E-state index >= 15 is 0 Å². The molecule has 5 nitrogen and oxygen atoms in total. The van der Waals surface area contributed by atoms with Crippen molar-refractivity contribution in [3.05, 3.63) is 52.2 Å². The monoisotopic (exact) mass is 378 g/mol. The lowest BCUT2D eigenvalue weighted by atomic mass is 10.1. The predicted molar refractivity (Wildman–Crippen MR) is 103 cm³/mol. The quantitative estimate of drug-likeness (QED) is 0.704. The summed E-state index contributed by atoms with van der Waals surface area (Å²) in [5.41, 5.74) is 0.421. The van der Waals surface area contributed by atoms with Crippen molar-refractivity contribution in [3.8, 4) is 5.75 Å². The summed E-state index contributed by atoms with van der Waals surface area (Å²) >= 11 is 3.23. The maximum Gasteiger partial charge on any atom is 0.255 e. The van der Waals surface area contributed by atoms with Gasteiger partial charge in [0.2, 0.25) is 5.91 Å². The Hall–Kier alpha value is -1.99. The van der Waals surface area contributed by atoms with E-state index in [1.165, 1.54) is 7.11 Å². The van der Waals surface area contributed by atoms with Gasteiger partial charge in [-0.3, -0.25) is 9.59 Å². The predicted octanol–water partition coefficient (Wildman–Crippen LogP) is 2.92. The third kappa shape index (κ3) is 5.79. The Labute approximate surface area is 156 Å². The summed E-state index contributed by atoms with van der Waals surface area (Å²) in [6.45, 7) is 0.469. The second-order valence-corrected chi connectivity index (χ2v) is 7.32. The van der Waals surface area contributed by atoms with Crippen LogP contribution in [0.15, 0.2) is 41.8 Å². The molecule has 0 unspecified atom stereocenters. The third-order valence-corrected chi connectivity index (χ3v) is 5.12. The Morgan fingerprint density at radius 1 is 1.24 bits per heavy atom. The molecule has 2 rings (SSSR count). The molecule has 25 heavy (non-hydrogen) atoms. The first-order chi connectivity index (χ1) is 12.2. The van der Waals surface area contributed by atoms with E-state index in [1.54, 1.807) is 47.4 Å². The van der Waals surface area contributed by atoms with Gasteiger partial charge in [0, 0.05) is 4.88 Å². The third-order valence-electron chi connectivity index (χ3n) is 3.60. The summed E-state index contributed by atoms with van der Waals surface area (Å²) in [5, 5.41) is 7.70. The van der Waals surface area contributed by atoms with Crippen LogP contribution in [0.2, 0.25) is 0 Å². The van der Waals surface area contributed by atoms with E-state index in [0.717, 1.165) is 10.6 Å². The molecule has 2 aromatic rings. The Morgan fingerprint density at radius 3 is 2.72 bits per heavy atom. The molecule has 0 spiro atoms. The zero-order valence-corrected chi connectivity index (χ0v) is 15.9. The fraction of sp³-hybridized carbons (Fsp3) is 0.333. The number of methoxy groups -OCH3 is 1. The van der Waals surface area contributed by atoms with Gasteiger partial charge in [-0.15, -0.1) is 11.3 Å². The molecule has 134 valence electrons. The summed E-state index contributed by atoms with van der Waals surface area (Å²) in [5.74, 6) is 0.784. The summed E-state index contributed by atoms with van der Waals surface area (Å²) < 4.78 is 5.22. The molecule has 0 aliphatic heterocycles. The fourth-order valence-corrected chi connectivity index (χ4v) is 3.40. The van der Waals surface area contributed by atoms with Gasteiger partial charge in [0.1, 0.15) is 11.8 Å². The number of nitrogens with one attached hydrogen (secondary N) is 2. The van der Waals surface area contributed by atoms with Crippen molar-refractivity contribution in [2.75, 3.05) is 19.1 Å². The number of carbonyl (C=O) groups excluding carboxylic acids is 2. The van der Waals surface area contributed by atoms with E-state index in [4.69, 9.17) is 4.74 Å². The van der Waals surface area contributed by atoms with Crippen LogP contribution in [-0.4, -0.2) is 37.0 Å². The van der Waals surface area contributed by atoms with Gasteiger partial charge >= 0.3 is 0 Å². The Morgan fingerprint density at radius 2 is 2.04 bits per heavy atom. The average molecular weight is 379 g/mol. The van der Waals surface area contributed by atoms with Crippen LogP contribution >= 0.6 is 23.1 Å². The number of thioether (sulfide) groups is 1. The first-order valence-electron chi connectivity index (χ1n) is 7.88. The first-order valence-corrected chi connectivity index (χ1v) is 10.2. The van der Waals surface area contributed by atoms with Gasteiger partial charge in [0.05, 0.1) is 19.2 Å². The lowest BCUT2D eigenvalue weighted by Gasteiger charge is -2.18. The molecule has 1 aromatic heterocycles. The molecule has 0 radical (unpaired) electrons. The van der Waals surface area contributed by atoms with Gasteiger partial charge in [-0.2, -0.15) is 11.8 Å². The molecule has 1 atom stereocenters. The number of hydrogen-bond acceptors (Lipinski definition) is 5. The number of hydrogen-bond donors (Lipinski definition) is 2. The standard InChI is InChI=1S/C18H22N2O3S2/c1-23-16-8-4-3-7-14(16)17(21)20-15(9-11-24-2)18(22)19-12-13-6-5-10-25-13/h3-8,10,15H,9,11-12H2,1-2H3,(H,19,22)(H,20,21)/t15-/m1/s1. The number of amides is 2. The van der Waals surface area contributed by atoms with E-state index in [2.05, 4.69) is 10.6 Å². The van der Waals surface area contributed by atoms with Crippen molar-refractivity contribution in [2.24, 2.45) is 0 Å². The molecule has 0 fully saturated rings. The lowest BCUT2D eigenvalue weighted by Crippen LogP contribution is -2.46. The zero-order chi connectivity index (χ0) is 18.1. The highest BCUT2D eigenvalue weighted by molar-refractivity contribution is 7.98. The largest absolute Gasteiger partial charge is 0.496 e. The van der Waals surface area contributed by atoms with Crippen molar-refractivity contribution in [1.29, 1.82) is 0 Å². The molecule has 0 aliphatic rings. The van der Waals surface area contributed by atoms with Crippen LogP contribution in [0.3, 0.4) is 0 Å². The molecule has 1 aromatic carbocycles. The normalized spacial score (nSPS) is 11.6. The van der Waals surface area contributed by atoms with Gasteiger partial charge in [-0.05, 0) is 42.0 Å². The number of thiophene rings is 1. The van der Waals surface area contributed by atoms with Crippen LogP contribution in [0.1, 0.15) is 21.7 Å². The molecular formula is C18H22N2O3S2. The van der Waals surface area contributed by atoms with Gasteiger partial charge < -0.3 is 15.4 Å². The maximum atomic E-state index is 12.6. The molecule has 2 N–H and O–H groups in total. The van der Waals surface area contributed by atoms with E-state index < -0.39 is 6.04 Å². The highest BCUT2D eigenvalue weighted by Gasteiger charge is 2.22. The van der Waals surface area contributed by atoms with Crippen LogP contribution in [-0.2, 0) is 11.3 Å². The van der Waals surface area contributed by atoms with Crippen LogP contribution < -0.4 is 15.4 Å². The lowest BCUT2D eigenvalue weighted by molar-refractivity contribution is -0.123. The van der Waals surface area contributed by atoms with Gasteiger partial charge in [-0.25, -0.2) is 0 Å². The van der Waals surface area contributed by atoms with E-state index in [9.17, 15) is 9.59 Å². The first kappa shape index (κ1) is 19.3. The topological polar surface area (TPSA) is 67.4 Å². The van der Waals surface area contributed by atoms with Crippen molar-refractivity contribution in [3.63, 3.8) is 0 Å². The van der Waals surface area contributed by atoms with Crippen molar-refractivity contribution < 1.29 is 14.3 Å². The summed E-state index contributed by atoms with van der Waals surface area (Å²) in [6.07, 6.45) is 2.54. The smallest absolute Gasteiger partial charge is 0.255 e. The van der Waals surface area contributed by atoms with Crippen LogP contribution in [0, 0.1) is 0 Å². The molecule has 1 heterocycles. The van der Waals surface area contributed by atoms with E-state index in [1.807, 2.05) is 23.8 Å². The molecule has 0 aliphatic carbocycles. The molecule has 7 heteroatoms. The number of ether oxygens (including phenoxy) is 1. The van der Waals surface area contributed by atoms with E-state index in [-0.39, 0.29) is 11.8 Å². The highest BCUT2D eigenvalue weighted by Crippen LogP contribution is 2.17. The minimum atomic E-state index is -0.579. The summed E-state index contributed by atoms with van der Waals surface area (Å²) in [6, 6.07) is 10.3. The van der Waals surface area contributed by atoms with E-state index in [0.29, 0.717) is 24.3 Å². The SMILES string of the molecule is COc1ccccc1C(=O)N[C@H](CCSC)C(=O)NCc1cccs1. The van der Waals surface area contributed by atoms with Gasteiger partial charge in [-0.1, -0.05) is 18.2 Å². The highest BCUT2D eigenvalue weighted by atomic mass is 32.2. The Kier molecular flexibility index (Phi) is 7.81. The number of rotatable bonds is 9. The molecular weight excluding hydrogens is 356 g/mol. The zero-order valence-electron chi connectivity index (χ0n) is 14.3. The average Bonchev–Trinajstić information content (AvgIpc) is 3.16. The van der Waals surface area contributed by atoms with Crippen molar-refractivity contribution >= 4 is 34.9 Å². The number of para-hydroxylation sites is 1. The van der Waals surface area contributed by atoms with Crippen molar-refractivity contribution in [2.45, 2.75) is 19.0 Å². The minimum Gasteiger partial charge on any atom is -0.496 e. The molecule has 2 amide bonds. The second kappa shape index (κ2) is 10.1. The van der Waals surface area contributed by atoms with Gasteiger partial charge in [0.25, 0.3) is 5.91 Å². The second-order valence-electron chi connectivity index (χ2n) is 5.30. The van der Waals surface area contributed by atoms with Crippen LogP contribution in [0.25, 0.3) is 0 Å². The molecule has 0 bridgehead atoms. The Balaban J connectivity index is 2.02. The Bertz CT molecular complexity index is 689. The summed E-state index contributed by atoms with van der Waals surface area (Å²) in [4.78, 5) is 26.1. The number of carbonyl (C=O) groups is 2. The van der Waals surface area contributed by atoms with Gasteiger partial charge in [0.15, 0.2) is 0 Å². The van der Waals surface area contributed by atoms with Crippen molar-refractivity contribution in [1.82, 2.24) is 10.6 Å². The fourth-order valence-electron chi connectivity index (χ4n) is 2.28. The molecule has 0 saturated carbocycles. The minimum absolute atomic E-state index is 0.175. The number of benzene rings is 1. The van der Waals surface area contributed by atoms with Crippen LogP contribution in [0.5, 0.6) is 5.75 Å². The molecule has 0 saturated heterocycles. The van der Waals surface area contributed by atoms with Crippen LogP contribution in [0.4, 0.5) is 0 Å². The maximum absolute atomic E-state index is 12.6. The summed E-state index contributed by atoms with van der Waals surface area (Å²) in [7, 11) is 1.52.